The summed E-state index contributed by atoms with van der Waals surface area (Å²) < 4.78 is 20.8. The molecule has 0 radical (unpaired) electrons. The smallest absolute Gasteiger partial charge is 0.337 e. The summed E-state index contributed by atoms with van der Waals surface area (Å²) in [6.45, 7) is 2.20. The number of carboxylic acid groups (broad SMARTS) is 1. The number of para-hydroxylation sites is 1. The summed E-state index contributed by atoms with van der Waals surface area (Å²) in [4.78, 5) is 29.0. The van der Waals surface area contributed by atoms with Crippen molar-refractivity contribution in [3.05, 3.63) is 86.8 Å². The number of carbonyl (C=O) groups excluding carboxylic acids is 1. The van der Waals surface area contributed by atoms with Crippen LogP contribution in [0, 0.1) is 11.2 Å². The number of halogens is 3. The van der Waals surface area contributed by atoms with Crippen molar-refractivity contribution in [2.45, 2.75) is 6.54 Å². The summed E-state index contributed by atoms with van der Waals surface area (Å²) in [5.41, 5.74) is 3.79. The molecule has 42 heavy (non-hydrogen) atoms. The summed E-state index contributed by atoms with van der Waals surface area (Å²) in [7, 11) is 1.71. The number of hydrogen-bond donors (Lipinski definition) is 4. The number of rotatable bonds is 7. The number of morpholine rings is 1. The lowest BCUT2D eigenvalue weighted by Gasteiger charge is -2.33. The summed E-state index contributed by atoms with van der Waals surface area (Å²) in [6, 6.07) is 11.2. The maximum absolute atomic E-state index is 15.4. The number of fused-ring (bicyclic) bond motifs is 1. The van der Waals surface area contributed by atoms with Gasteiger partial charge in [0.15, 0.2) is 0 Å². The Balaban J connectivity index is 1.47. The Morgan fingerprint density at radius 3 is 2.48 bits per heavy atom. The number of carbonyl (C=O) groups is 2. The van der Waals surface area contributed by atoms with Crippen LogP contribution in [0.15, 0.2) is 48.7 Å². The van der Waals surface area contributed by atoms with Crippen LogP contribution in [0.25, 0.3) is 16.7 Å². The zero-order chi connectivity index (χ0) is 30.0. The number of aromatic carboxylic acids is 1. The number of hydrogen-bond acceptors (Lipinski definition) is 7. The average Bonchev–Trinajstić information content (AvgIpc) is 2.99. The van der Waals surface area contributed by atoms with Crippen molar-refractivity contribution in [2.24, 2.45) is 0 Å². The van der Waals surface area contributed by atoms with Crippen LogP contribution >= 0.6 is 23.2 Å². The molecule has 218 valence electrons. The van der Waals surface area contributed by atoms with Crippen LogP contribution < -0.4 is 15.5 Å². The van der Waals surface area contributed by atoms with E-state index in [1.165, 1.54) is 0 Å². The Hall–Kier alpha value is -4.12. The predicted octanol–water partition coefficient (Wildman–Crippen LogP) is 5.57. The average molecular weight is 612 g/mol. The number of carboxylic acids is 1. The molecule has 12 heteroatoms. The quantitative estimate of drug-likeness (QED) is 0.258. The number of nitrogens with one attached hydrogen (secondary N) is 3. The molecule has 3 aromatic carbocycles. The third kappa shape index (κ3) is 5.65. The Labute approximate surface area is 252 Å². The summed E-state index contributed by atoms with van der Waals surface area (Å²) >= 11 is 13.0. The van der Waals surface area contributed by atoms with Crippen LogP contribution in [0.5, 0.6) is 0 Å². The van der Waals surface area contributed by atoms with Crippen molar-refractivity contribution in [2.75, 3.05) is 50.2 Å². The lowest BCUT2D eigenvalue weighted by Crippen LogP contribution is -2.39. The lowest BCUT2D eigenvalue weighted by atomic mass is 9.95. The number of allylic oxidation sites excluding steroid dienone is 1. The van der Waals surface area contributed by atoms with E-state index in [0.717, 1.165) is 17.8 Å². The van der Waals surface area contributed by atoms with Gasteiger partial charge in [0.2, 0.25) is 0 Å². The highest BCUT2D eigenvalue weighted by Crippen LogP contribution is 2.39. The highest BCUT2D eigenvalue weighted by atomic mass is 35.5. The second-order valence-electron chi connectivity index (χ2n) is 9.78. The molecular weight excluding hydrogens is 584 g/mol. The van der Waals surface area contributed by atoms with Crippen LogP contribution in [-0.4, -0.2) is 68.1 Å². The van der Waals surface area contributed by atoms with Gasteiger partial charge in [-0.2, -0.15) is 0 Å². The first kappa shape index (κ1) is 29.4. The maximum Gasteiger partial charge on any atom is 0.337 e. The summed E-state index contributed by atoms with van der Waals surface area (Å²) in [6.07, 6.45) is 2.78. The van der Waals surface area contributed by atoms with Crippen molar-refractivity contribution in [1.82, 2.24) is 10.2 Å². The Morgan fingerprint density at radius 2 is 1.83 bits per heavy atom. The van der Waals surface area contributed by atoms with E-state index < -0.39 is 11.8 Å². The van der Waals surface area contributed by atoms with Gasteiger partial charge < -0.3 is 35.7 Å². The fourth-order valence-electron chi connectivity index (χ4n) is 5.22. The van der Waals surface area contributed by atoms with E-state index in [1.54, 1.807) is 48.5 Å². The van der Waals surface area contributed by atoms with E-state index in [1.807, 2.05) is 11.0 Å². The topological polar surface area (TPSA) is 118 Å². The van der Waals surface area contributed by atoms with Crippen molar-refractivity contribution in [3.63, 3.8) is 0 Å². The third-order valence-electron chi connectivity index (χ3n) is 7.25. The summed E-state index contributed by atoms with van der Waals surface area (Å²) in [5, 5.41) is 23.8. The lowest BCUT2D eigenvalue weighted by molar-refractivity contribution is 0.0694. The molecule has 9 nitrogen and oxygen atoms in total. The molecular formula is C30H28Cl2FN5O4. The largest absolute Gasteiger partial charge is 0.478 e. The molecule has 0 spiro atoms. The molecule has 0 unspecified atom stereocenters. The molecule has 0 bridgehead atoms. The van der Waals surface area contributed by atoms with E-state index in [-0.39, 0.29) is 45.9 Å². The Bertz CT molecular complexity index is 1580. The van der Waals surface area contributed by atoms with E-state index in [4.69, 9.17) is 33.3 Å². The molecule has 2 aliphatic heterocycles. The molecule has 1 fully saturated rings. The number of benzene rings is 3. The molecule has 0 aromatic heterocycles. The van der Waals surface area contributed by atoms with Gasteiger partial charge in [-0.05, 0) is 35.4 Å². The first-order valence-corrected chi connectivity index (χ1v) is 13.9. The van der Waals surface area contributed by atoms with Crippen LogP contribution in [0.4, 0.5) is 15.8 Å². The van der Waals surface area contributed by atoms with Crippen LogP contribution in [0.2, 0.25) is 10.0 Å². The first-order chi connectivity index (χ1) is 20.2. The van der Waals surface area contributed by atoms with Gasteiger partial charge in [-0.3, -0.25) is 4.79 Å². The molecule has 0 atom stereocenters. The standard InChI is InChI=1S/C30H28Cl2FN5O4/c1-35-14-19(13-34)18-9-23(31)27(24(32)10-18)29(39)38-15-17-3-2-4-20(28(17)36-16-38)21-12-26(37-5-7-42-8-6-37)22(30(40)41)11-25(21)33/h2-4,9-14,34-36H,5-8,15-16H2,1H3,(H,40,41)/b19-14+,34-13?. The highest BCUT2D eigenvalue weighted by Gasteiger charge is 2.29. The fourth-order valence-corrected chi connectivity index (χ4v) is 5.86. The van der Waals surface area contributed by atoms with Gasteiger partial charge in [0.25, 0.3) is 5.91 Å². The Morgan fingerprint density at radius 1 is 1.12 bits per heavy atom. The molecule has 2 aliphatic rings. The van der Waals surface area contributed by atoms with E-state index in [0.29, 0.717) is 54.4 Å². The van der Waals surface area contributed by atoms with Gasteiger partial charge in [-0.25, -0.2) is 9.18 Å². The molecule has 3 aromatic rings. The third-order valence-corrected chi connectivity index (χ3v) is 7.84. The van der Waals surface area contributed by atoms with E-state index >= 15 is 4.39 Å². The predicted molar refractivity (Wildman–Crippen MR) is 162 cm³/mol. The van der Waals surface area contributed by atoms with Gasteiger partial charge >= 0.3 is 5.97 Å². The molecule has 5 rings (SSSR count). The Kier molecular flexibility index (Phi) is 8.67. The van der Waals surface area contributed by atoms with Crippen molar-refractivity contribution in [1.29, 1.82) is 5.41 Å². The number of nitrogens with zero attached hydrogens (tertiary/aromatic N) is 2. The summed E-state index contributed by atoms with van der Waals surface area (Å²) in [5.74, 6) is -2.25. The van der Waals surface area contributed by atoms with Gasteiger partial charge in [0.05, 0.1) is 46.7 Å². The number of amides is 1. The van der Waals surface area contributed by atoms with Crippen molar-refractivity contribution < 1.29 is 23.8 Å². The van der Waals surface area contributed by atoms with Gasteiger partial charge in [-0.1, -0.05) is 41.4 Å². The fraction of sp³-hybridized carbons (Fsp3) is 0.233. The molecule has 4 N–H and O–H groups in total. The minimum atomic E-state index is -1.21. The second-order valence-corrected chi connectivity index (χ2v) is 10.6. The van der Waals surface area contributed by atoms with Gasteiger partial charge in [0.1, 0.15) is 5.82 Å². The van der Waals surface area contributed by atoms with Crippen molar-refractivity contribution >= 4 is 58.2 Å². The van der Waals surface area contributed by atoms with E-state index in [9.17, 15) is 14.7 Å². The SMILES string of the molecule is CN/C=C(\C=N)c1cc(Cl)c(C(=O)N2CNc3c(cccc3-c3cc(N4CCOCC4)c(C(=O)O)cc3F)C2)c(Cl)c1. The van der Waals surface area contributed by atoms with Crippen LogP contribution in [0.1, 0.15) is 31.8 Å². The highest BCUT2D eigenvalue weighted by molar-refractivity contribution is 6.40. The van der Waals surface area contributed by atoms with Crippen LogP contribution in [-0.2, 0) is 11.3 Å². The zero-order valence-corrected chi connectivity index (χ0v) is 24.2. The maximum atomic E-state index is 15.4. The number of anilines is 2. The van der Waals surface area contributed by atoms with Crippen LogP contribution in [0.3, 0.4) is 0 Å². The minimum absolute atomic E-state index is 0.105. The number of ether oxygens (including phenoxy) is 1. The van der Waals surface area contributed by atoms with Crippen molar-refractivity contribution in [3.8, 4) is 11.1 Å². The molecule has 1 saturated heterocycles. The normalized spacial score (nSPS) is 15.1. The first-order valence-electron chi connectivity index (χ1n) is 13.2. The minimum Gasteiger partial charge on any atom is -0.478 e. The monoisotopic (exact) mass is 611 g/mol. The molecule has 2 heterocycles. The molecule has 1 amide bonds. The zero-order valence-electron chi connectivity index (χ0n) is 22.6. The van der Waals surface area contributed by atoms with Gasteiger partial charge in [-0.15, -0.1) is 0 Å². The van der Waals surface area contributed by atoms with E-state index in [2.05, 4.69) is 10.6 Å². The molecule has 0 aliphatic carbocycles. The van der Waals surface area contributed by atoms with Gasteiger partial charge in [0, 0.05) is 61.5 Å². The second kappa shape index (κ2) is 12.4. The molecule has 0 saturated carbocycles.